The molecule has 1 aromatic heterocycles. The fourth-order valence-corrected chi connectivity index (χ4v) is 3.28. The lowest BCUT2D eigenvalue weighted by atomic mass is 10.3. The Bertz CT molecular complexity index is 674. The van der Waals surface area contributed by atoms with Crippen molar-refractivity contribution in [1.82, 2.24) is 4.98 Å². The normalized spacial score (nSPS) is 10.7. The van der Waals surface area contributed by atoms with E-state index in [0.29, 0.717) is 25.2 Å². The van der Waals surface area contributed by atoms with Crippen molar-refractivity contribution in [1.29, 1.82) is 0 Å². The lowest BCUT2D eigenvalue weighted by Gasteiger charge is -2.06. The van der Waals surface area contributed by atoms with Crippen molar-refractivity contribution < 1.29 is 4.79 Å². The summed E-state index contributed by atoms with van der Waals surface area (Å²) in [7, 11) is 0. The van der Waals surface area contributed by atoms with Gasteiger partial charge in [0.2, 0.25) is 0 Å². The van der Waals surface area contributed by atoms with E-state index in [1.54, 1.807) is 18.2 Å². The standard InChI is InChI=1S/C13H14BrClN4OS/c1-6(2)17-13-19-11(16)10(21-13)12(20)18-9-4-3-7(15)5-8(9)14/h3-6H,16H2,1-2H3,(H,17,19)(H,18,20). The largest absolute Gasteiger partial charge is 0.382 e. The molecule has 0 fully saturated rings. The van der Waals surface area contributed by atoms with E-state index in [1.165, 1.54) is 11.3 Å². The van der Waals surface area contributed by atoms with Gasteiger partial charge in [-0.1, -0.05) is 22.9 Å². The van der Waals surface area contributed by atoms with E-state index < -0.39 is 0 Å². The molecule has 0 bridgehead atoms. The maximum Gasteiger partial charge on any atom is 0.269 e. The molecule has 0 aliphatic heterocycles. The number of hydrogen-bond donors (Lipinski definition) is 3. The van der Waals surface area contributed by atoms with Gasteiger partial charge in [-0.3, -0.25) is 4.79 Å². The Hall–Kier alpha value is -1.31. The third kappa shape index (κ3) is 4.09. The number of halogens is 2. The maximum atomic E-state index is 12.3. The van der Waals surface area contributed by atoms with Crippen molar-refractivity contribution in [3.05, 3.63) is 32.6 Å². The Morgan fingerprint density at radius 3 is 2.81 bits per heavy atom. The molecule has 0 aliphatic rings. The minimum Gasteiger partial charge on any atom is -0.382 e. The highest BCUT2D eigenvalue weighted by atomic mass is 79.9. The first-order valence-corrected chi connectivity index (χ1v) is 8.15. The average Bonchev–Trinajstić information content (AvgIpc) is 2.72. The molecule has 1 amide bonds. The molecule has 0 saturated heterocycles. The SMILES string of the molecule is CC(C)Nc1nc(N)c(C(=O)Nc2ccc(Cl)cc2Br)s1. The van der Waals surface area contributed by atoms with Gasteiger partial charge in [0.1, 0.15) is 10.7 Å². The van der Waals surface area contributed by atoms with Gasteiger partial charge in [-0.25, -0.2) is 4.98 Å². The predicted octanol–water partition coefficient (Wildman–Crippen LogP) is 4.21. The molecule has 0 unspecified atom stereocenters. The first kappa shape index (κ1) is 16.1. The topological polar surface area (TPSA) is 80.0 Å². The van der Waals surface area contributed by atoms with Crippen LogP contribution < -0.4 is 16.4 Å². The van der Waals surface area contributed by atoms with Crippen molar-refractivity contribution in [3.8, 4) is 0 Å². The van der Waals surface area contributed by atoms with Crippen LogP contribution >= 0.6 is 38.9 Å². The van der Waals surface area contributed by atoms with Crippen LogP contribution in [0.4, 0.5) is 16.6 Å². The number of carbonyl (C=O) groups is 1. The molecule has 112 valence electrons. The molecule has 0 radical (unpaired) electrons. The van der Waals surface area contributed by atoms with E-state index in [4.69, 9.17) is 17.3 Å². The van der Waals surface area contributed by atoms with Crippen LogP contribution in [0, 0.1) is 0 Å². The van der Waals surface area contributed by atoms with Crippen LogP contribution in [0.15, 0.2) is 22.7 Å². The molecule has 4 N–H and O–H groups in total. The van der Waals surface area contributed by atoms with E-state index in [9.17, 15) is 4.79 Å². The van der Waals surface area contributed by atoms with Crippen molar-refractivity contribution >= 4 is 61.4 Å². The third-order valence-electron chi connectivity index (χ3n) is 2.45. The first-order chi connectivity index (χ1) is 9.86. The highest BCUT2D eigenvalue weighted by molar-refractivity contribution is 9.10. The summed E-state index contributed by atoms with van der Waals surface area (Å²) in [5.74, 6) is -0.0874. The number of rotatable bonds is 4. The zero-order valence-corrected chi connectivity index (χ0v) is 14.6. The molecular formula is C13H14BrClN4OS. The highest BCUT2D eigenvalue weighted by Gasteiger charge is 2.17. The van der Waals surface area contributed by atoms with Crippen LogP contribution in [0.25, 0.3) is 0 Å². The van der Waals surface area contributed by atoms with Crippen LogP contribution in [0.2, 0.25) is 5.02 Å². The molecule has 1 aromatic carbocycles. The molecule has 5 nitrogen and oxygen atoms in total. The molecule has 1 heterocycles. The van der Waals surface area contributed by atoms with Crippen molar-refractivity contribution in [2.75, 3.05) is 16.4 Å². The number of nitrogens with two attached hydrogens (primary N) is 1. The maximum absolute atomic E-state index is 12.3. The number of aromatic nitrogens is 1. The number of amides is 1. The Morgan fingerprint density at radius 1 is 1.48 bits per heavy atom. The second-order valence-corrected chi connectivity index (χ2v) is 6.90. The van der Waals surface area contributed by atoms with Gasteiger partial charge in [-0.15, -0.1) is 0 Å². The number of anilines is 3. The second kappa shape index (κ2) is 6.64. The summed E-state index contributed by atoms with van der Waals surface area (Å²) in [5.41, 5.74) is 6.42. The highest BCUT2D eigenvalue weighted by Crippen LogP contribution is 2.29. The van der Waals surface area contributed by atoms with Gasteiger partial charge >= 0.3 is 0 Å². The zero-order valence-electron chi connectivity index (χ0n) is 11.4. The number of carbonyl (C=O) groups excluding carboxylic acids is 1. The molecule has 8 heteroatoms. The molecule has 0 atom stereocenters. The van der Waals surface area contributed by atoms with Crippen LogP contribution in [-0.4, -0.2) is 16.9 Å². The lowest BCUT2D eigenvalue weighted by molar-refractivity contribution is 0.103. The molecule has 0 spiro atoms. The average molecular weight is 390 g/mol. The lowest BCUT2D eigenvalue weighted by Crippen LogP contribution is -2.12. The molecule has 2 rings (SSSR count). The monoisotopic (exact) mass is 388 g/mol. The molecule has 0 aliphatic carbocycles. The smallest absolute Gasteiger partial charge is 0.269 e. The number of nitrogen functional groups attached to an aromatic ring is 1. The summed E-state index contributed by atoms with van der Waals surface area (Å²) in [6.07, 6.45) is 0. The van der Waals surface area contributed by atoms with E-state index in [-0.39, 0.29) is 17.8 Å². The van der Waals surface area contributed by atoms with E-state index in [1.807, 2.05) is 13.8 Å². The number of nitrogens with zero attached hydrogens (tertiary/aromatic N) is 1. The van der Waals surface area contributed by atoms with Gasteiger partial charge in [-0.05, 0) is 48.0 Å². The Morgan fingerprint density at radius 2 is 2.19 bits per heavy atom. The van der Waals surface area contributed by atoms with Crippen molar-refractivity contribution in [3.63, 3.8) is 0 Å². The number of nitrogens with one attached hydrogen (secondary N) is 2. The molecule has 2 aromatic rings. The fourth-order valence-electron chi connectivity index (χ4n) is 1.57. The zero-order chi connectivity index (χ0) is 15.6. The van der Waals surface area contributed by atoms with Crippen LogP contribution in [-0.2, 0) is 0 Å². The number of hydrogen-bond acceptors (Lipinski definition) is 5. The third-order valence-corrected chi connectivity index (χ3v) is 4.34. The summed E-state index contributed by atoms with van der Waals surface area (Å²) >= 11 is 10.4. The minimum absolute atomic E-state index is 0.214. The summed E-state index contributed by atoms with van der Waals surface area (Å²) in [4.78, 5) is 16.8. The molecular weight excluding hydrogens is 376 g/mol. The van der Waals surface area contributed by atoms with Gasteiger partial charge in [-0.2, -0.15) is 0 Å². The Labute approximate surface area is 140 Å². The van der Waals surface area contributed by atoms with E-state index in [2.05, 4.69) is 31.5 Å². The summed E-state index contributed by atoms with van der Waals surface area (Å²) in [5, 5.41) is 7.12. The number of benzene rings is 1. The summed E-state index contributed by atoms with van der Waals surface area (Å²) in [6.45, 7) is 3.98. The predicted molar refractivity (Wildman–Crippen MR) is 92.4 cm³/mol. The van der Waals surface area contributed by atoms with Gasteiger partial charge in [0.05, 0.1) is 5.69 Å². The fraction of sp³-hybridized carbons (Fsp3) is 0.231. The molecule has 0 saturated carbocycles. The van der Waals surface area contributed by atoms with Gasteiger partial charge in [0.25, 0.3) is 5.91 Å². The van der Waals surface area contributed by atoms with Crippen molar-refractivity contribution in [2.45, 2.75) is 19.9 Å². The summed E-state index contributed by atoms with van der Waals surface area (Å²) in [6, 6.07) is 5.34. The number of thiazole rings is 1. The van der Waals surface area contributed by atoms with Gasteiger partial charge in [0.15, 0.2) is 5.13 Å². The Kier molecular flexibility index (Phi) is 5.08. The minimum atomic E-state index is -0.301. The van der Waals surface area contributed by atoms with E-state index in [0.717, 1.165) is 0 Å². The van der Waals surface area contributed by atoms with Crippen LogP contribution in [0.5, 0.6) is 0 Å². The molecule has 21 heavy (non-hydrogen) atoms. The Balaban J connectivity index is 2.18. The summed E-state index contributed by atoms with van der Waals surface area (Å²) < 4.78 is 0.701. The van der Waals surface area contributed by atoms with E-state index >= 15 is 0 Å². The van der Waals surface area contributed by atoms with Crippen LogP contribution in [0.1, 0.15) is 23.5 Å². The van der Waals surface area contributed by atoms with Crippen molar-refractivity contribution in [2.24, 2.45) is 0 Å². The quantitative estimate of drug-likeness (QED) is 0.731. The van der Waals surface area contributed by atoms with Gasteiger partial charge < -0.3 is 16.4 Å². The second-order valence-electron chi connectivity index (χ2n) is 4.61. The van der Waals surface area contributed by atoms with Gasteiger partial charge in [0, 0.05) is 15.5 Å². The van der Waals surface area contributed by atoms with Crippen LogP contribution in [0.3, 0.4) is 0 Å². The first-order valence-electron chi connectivity index (χ1n) is 6.16.